The molecule has 15 heteroatoms. The zero-order chi connectivity index (χ0) is 27.3. The Hall–Kier alpha value is -2.61. The van der Waals surface area contributed by atoms with Gasteiger partial charge in [-0.1, -0.05) is 17.4 Å². The standard InChI is InChI=1S/C22H24F4N3O6PS/c1-21(27,13-35-36(30,31)32)20-29-28-19(37-20)14-7-8-18(17(11-14)22(24,25)26)34-10-3-2-9-33-16-6-4-5-15(23)12-16/h4-8,11-12H,2-3,9-10,13,27H2,1H3,(H2,30,31,32)/t21-/m0/s1. The molecule has 0 saturated carbocycles. The van der Waals surface area contributed by atoms with Crippen molar-refractivity contribution in [2.45, 2.75) is 31.5 Å². The van der Waals surface area contributed by atoms with Crippen LogP contribution in [0.3, 0.4) is 0 Å². The highest BCUT2D eigenvalue weighted by Crippen LogP contribution is 2.41. The monoisotopic (exact) mass is 565 g/mol. The van der Waals surface area contributed by atoms with Crippen LogP contribution in [-0.2, 0) is 20.8 Å². The first-order valence-electron chi connectivity index (χ1n) is 10.8. The molecule has 0 bridgehead atoms. The summed E-state index contributed by atoms with van der Waals surface area (Å²) in [7, 11) is -4.78. The quantitative estimate of drug-likeness (QED) is 0.159. The number of unbranched alkanes of at least 4 members (excludes halogenated alkanes) is 1. The van der Waals surface area contributed by atoms with Crippen LogP contribution in [0.15, 0.2) is 42.5 Å². The van der Waals surface area contributed by atoms with E-state index in [-0.39, 0.29) is 34.5 Å². The van der Waals surface area contributed by atoms with Gasteiger partial charge in [0.15, 0.2) is 0 Å². The lowest BCUT2D eigenvalue weighted by atomic mass is 10.1. The third kappa shape index (κ3) is 8.73. The van der Waals surface area contributed by atoms with E-state index in [2.05, 4.69) is 14.7 Å². The number of ether oxygens (including phenoxy) is 2. The van der Waals surface area contributed by atoms with Crippen molar-refractivity contribution in [3.8, 4) is 22.1 Å². The number of phosphoric ester groups is 1. The number of nitrogens with zero attached hydrogens (tertiary/aromatic N) is 2. The summed E-state index contributed by atoms with van der Waals surface area (Å²) in [5.74, 6) is -0.426. The number of aromatic nitrogens is 2. The van der Waals surface area contributed by atoms with Crippen LogP contribution in [0.5, 0.6) is 11.5 Å². The molecule has 0 aliphatic heterocycles. The number of alkyl halides is 3. The van der Waals surface area contributed by atoms with Crippen molar-refractivity contribution in [1.29, 1.82) is 0 Å². The highest BCUT2D eigenvalue weighted by molar-refractivity contribution is 7.46. The molecule has 0 spiro atoms. The molecule has 37 heavy (non-hydrogen) atoms. The molecule has 4 N–H and O–H groups in total. The minimum absolute atomic E-state index is 0.00297. The first kappa shape index (κ1) is 29.0. The highest BCUT2D eigenvalue weighted by Gasteiger charge is 2.35. The fourth-order valence-electron chi connectivity index (χ4n) is 2.99. The Morgan fingerprint density at radius 2 is 1.76 bits per heavy atom. The van der Waals surface area contributed by atoms with E-state index in [1.165, 1.54) is 37.3 Å². The van der Waals surface area contributed by atoms with Gasteiger partial charge in [-0.15, -0.1) is 10.2 Å². The molecule has 202 valence electrons. The van der Waals surface area contributed by atoms with Gasteiger partial charge in [0.1, 0.15) is 27.3 Å². The lowest BCUT2D eigenvalue weighted by Crippen LogP contribution is -2.37. The van der Waals surface area contributed by atoms with Gasteiger partial charge in [0.25, 0.3) is 0 Å². The average Bonchev–Trinajstić information content (AvgIpc) is 3.31. The third-order valence-corrected chi connectivity index (χ3v) is 6.56. The Morgan fingerprint density at radius 1 is 1.05 bits per heavy atom. The number of benzene rings is 2. The molecule has 0 fully saturated rings. The van der Waals surface area contributed by atoms with Gasteiger partial charge in [-0.2, -0.15) is 13.2 Å². The van der Waals surface area contributed by atoms with Crippen molar-refractivity contribution in [3.63, 3.8) is 0 Å². The second-order valence-corrected chi connectivity index (χ2v) is 10.4. The number of hydrogen-bond donors (Lipinski definition) is 3. The van der Waals surface area contributed by atoms with Gasteiger partial charge in [-0.25, -0.2) is 8.96 Å². The van der Waals surface area contributed by atoms with Crippen molar-refractivity contribution in [1.82, 2.24) is 10.2 Å². The van der Waals surface area contributed by atoms with E-state index < -0.39 is 37.5 Å². The van der Waals surface area contributed by atoms with Crippen LogP contribution in [0, 0.1) is 5.82 Å². The summed E-state index contributed by atoms with van der Waals surface area (Å²) in [6.07, 6.45) is -3.83. The average molecular weight is 565 g/mol. The molecule has 0 amide bonds. The molecular formula is C22H24F4N3O6PS. The van der Waals surface area contributed by atoms with Crippen molar-refractivity contribution < 1.29 is 45.9 Å². The van der Waals surface area contributed by atoms with Crippen LogP contribution in [-0.4, -0.2) is 39.8 Å². The van der Waals surface area contributed by atoms with Crippen LogP contribution in [0.2, 0.25) is 0 Å². The van der Waals surface area contributed by atoms with E-state index in [9.17, 15) is 22.1 Å². The molecule has 0 radical (unpaired) electrons. The minimum atomic E-state index is -4.78. The van der Waals surface area contributed by atoms with Crippen LogP contribution in [0.1, 0.15) is 30.3 Å². The van der Waals surface area contributed by atoms with Crippen molar-refractivity contribution >= 4 is 19.2 Å². The fourth-order valence-corrected chi connectivity index (χ4v) is 4.31. The van der Waals surface area contributed by atoms with Crippen LogP contribution >= 0.6 is 19.2 Å². The third-order valence-electron chi connectivity index (χ3n) is 4.84. The maximum absolute atomic E-state index is 13.7. The van der Waals surface area contributed by atoms with Crippen molar-refractivity contribution in [2.24, 2.45) is 5.73 Å². The van der Waals surface area contributed by atoms with Crippen LogP contribution in [0.25, 0.3) is 10.6 Å². The molecule has 3 rings (SSSR count). The molecule has 0 aliphatic rings. The Kier molecular flexibility index (Phi) is 9.27. The summed E-state index contributed by atoms with van der Waals surface area (Å²) in [5, 5.41) is 7.95. The van der Waals surface area contributed by atoms with E-state index in [0.29, 0.717) is 18.6 Å². The number of nitrogens with two attached hydrogens (primary N) is 1. The predicted molar refractivity (Wildman–Crippen MR) is 127 cm³/mol. The molecule has 3 aromatic rings. The summed E-state index contributed by atoms with van der Waals surface area (Å²) in [5.41, 5.74) is 3.67. The topological polar surface area (TPSA) is 137 Å². The first-order chi connectivity index (χ1) is 17.2. The minimum Gasteiger partial charge on any atom is -0.493 e. The highest BCUT2D eigenvalue weighted by atomic mass is 32.1. The Bertz CT molecular complexity index is 1250. The molecular weight excluding hydrogens is 541 g/mol. The zero-order valence-corrected chi connectivity index (χ0v) is 21.2. The Morgan fingerprint density at radius 3 is 2.41 bits per heavy atom. The summed E-state index contributed by atoms with van der Waals surface area (Å²) in [4.78, 5) is 17.7. The zero-order valence-electron chi connectivity index (χ0n) is 19.4. The van der Waals surface area contributed by atoms with Crippen molar-refractivity contribution in [3.05, 3.63) is 58.9 Å². The Balaban J connectivity index is 1.63. The molecule has 0 saturated heterocycles. The number of phosphoric acid groups is 1. The molecule has 1 atom stereocenters. The maximum Gasteiger partial charge on any atom is 0.469 e. The second kappa shape index (κ2) is 11.8. The van der Waals surface area contributed by atoms with E-state index in [1.807, 2.05) is 0 Å². The van der Waals surface area contributed by atoms with Crippen molar-refractivity contribution in [2.75, 3.05) is 19.8 Å². The number of rotatable bonds is 12. The van der Waals surface area contributed by atoms with E-state index in [0.717, 1.165) is 17.4 Å². The van der Waals surface area contributed by atoms with Crippen LogP contribution < -0.4 is 15.2 Å². The molecule has 1 heterocycles. The van der Waals surface area contributed by atoms with Gasteiger partial charge in [-0.05, 0) is 50.1 Å². The predicted octanol–water partition coefficient (Wildman–Crippen LogP) is 4.88. The summed E-state index contributed by atoms with van der Waals surface area (Å²) >= 11 is 0.869. The maximum atomic E-state index is 13.7. The second-order valence-electron chi connectivity index (χ2n) is 8.16. The van der Waals surface area contributed by atoms with E-state index >= 15 is 0 Å². The van der Waals surface area contributed by atoms with Gasteiger partial charge in [-0.3, -0.25) is 4.52 Å². The normalized spacial score (nSPS) is 13.8. The van der Waals surface area contributed by atoms with Gasteiger partial charge in [0.2, 0.25) is 0 Å². The van der Waals surface area contributed by atoms with E-state index in [4.69, 9.17) is 25.0 Å². The molecule has 9 nitrogen and oxygen atoms in total. The lowest BCUT2D eigenvalue weighted by molar-refractivity contribution is -0.138. The molecule has 1 aromatic heterocycles. The van der Waals surface area contributed by atoms with E-state index in [1.54, 1.807) is 6.07 Å². The molecule has 0 unspecified atom stereocenters. The molecule has 0 aliphatic carbocycles. The first-order valence-corrected chi connectivity index (χ1v) is 13.1. The molecule has 2 aromatic carbocycles. The van der Waals surface area contributed by atoms with Gasteiger partial charge in [0, 0.05) is 11.6 Å². The Labute approximate surface area is 213 Å². The van der Waals surface area contributed by atoms with Gasteiger partial charge < -0.3 is 25.0 Å². The summed E-state index contributed by atoms with van der Waals surface area (Å²) in [6.45, 7) is 1.06. The smallest absolute Gasteiger partial charge is 0.469 e. The fraction of sp³-hybridized carbons (Fsp3) is 0.364. The summed E-state index contributed by atoms with van der Waals surface area (Å²) < 4.78 is 80.5. The van der Waals surface area contributed by atoms with Gasteiger partial charge >= 0.3 is 14.0 Å². The SMILES string of the molecule is C[C@](N)(COP(=O)(O)O)c1nnc(-c2ccc(OCCCCOc3cccc(F)c3)c(C(F)(F)F)c2)s1. The lowest BCUT2D eigenvalue weighted by Gasteiger charge is -2.21. The van der Waals surface area contributed by atoms with Crippen LogP contribution in [0.4, 0.5) is 17.6 Å². The number of hydrogen-bond acceptors (Lipinski definition) is 8. The van der Waals surface area contributed by atoms with Gasteiger partial charge in [0.05, 0.1) is 30.9 Å². The summed E-state index contributed by atoms with van der Waals surface area (Å²) in [6, 6.07) is 9.08. The largest absolute Gasteiger partial charge is 0.493 e. The number of halogens is 4.